The standard InChI is InChI=1S/C24H41NO3/c1-4-5-6-7-11-20(26)13-14-21-22-16-18(15-19(22)17-23(21)27)10-8-9-12-24(28)25(2)3/h13-15,19-23,26-27H,4-12,16-17H2,1-3H3/b14-13+/t19-,20-,21+,22-,23+/m0/s1. The van der Waals surface area contributed by atoms with E-state index < -0.39 is 0 Å². The van der Waals surface area contributed by atoms with Gasteiger partial charge >= 0.3 is 0 Å². The Morgan fingerprint density at radius 1 is 1.25 bits per heavy atom. The van der Waals surface area contributed by atoms with Crippen molar-refractivity contribution in [1.82, 2.24) is 4.90 Å². The predicted molar refractivity (Wildman–Crippen MR) is 115 cm³/mol. The van der Waals surface area contributed by atoms with Crippen LogP contribution in [-0.2, 0) is 4.79 Å². The lowest BCUT2D eigenvalue weighted by molar-refractivity contribution is -0.128. The second-order valence-corrected chi connectivity index (χ2v) is 9.03. The number of rotatable bonds is 12. The molecule has 0 aromatic rings. The third kappa shape index (κ3) is 7.04. The Bertz CT molecular complexity index is 540. The lowest BCUT2D eigenvalue weighted by Crippen LogP contribution is -2.21. The molecule has 0 radical (unpaired) electrons. The fraction of sp³-hybridized carbons (Fsp3) is 0.792. The molecule has 0 bridgehead atoms. The summed E-state index contributed by atoms with van der Waals surface area (Å²) in [6.07, 6.45) is 16.9. The molecule has 28 heavy (non-hydrogen) atoms. The number of amides is 1. The maximum Gasteiger partial charge on any atom is 0.222 e. The van der Waals surface area contributed by atoms with Crippen molar-refractivity contribution in [1.29, 1.82) is 0 Å². The van der Waals surface area contributed by atoms with Gasteiger partial charge < -0.3 is 15.1 Å². The van der Waals surface area contributed by atoms with Crippen LogP contribution in [0.15, 0.2) is 23.8 Å². The Balaban J connectivity index is 1.74. The van der Waals surface area contributed by atoms with Crippen LogP contribution in [0.5, 0.6) is 0 Å². The monoisotopic (exact) mass is 391 g/mol. The van der Waals surface area contributed by atoms with Crippen molar-refractivity contribution in [2.24, 2.45) is 17.8 Å². The maximum absolute atomic E-state index is 11.7. The van der Waals surface area contributed by atoms with Crippen LogP contribution < -0.4 is 0 Å². The lowest BCUT2D eigenvalue weighted by atomic mass is 9.88. The molecule has 160 valence electrons. The minimum absolute atomic E-state index is 0.166. The van der Waals surface area contributed by atoms with Crippen molar-refractivity contribution < 1.29 is 15.0 Å². The van der Waals surface area contributed by atoms with Gasteiger partial charge in [-0.2, -0.15) is 0 Å². The molecule has 4 nitrogen and oxygen atoms in total. The SMILES string of the molecule is CCCCCC[C@H](O)/C=C/[C@@H]1[C@H]2CC(CCCCC(=O)N(C)C)=C[C@H]2C[C@H]1O. The minimum Gasteiger partial charge on any atom is -0.392 e. The molecule has 0 aromatic carbocycles. The summed E-state index contributed by atoms with van der Waals surface area (Å²) in [5.74, 6) is 1.33. The maximum atomic E-state index is 11.7. The van der Waals surface area contributed by atoms with Gasteiger partial charge in [0, 0.05) is 26.4 Å². The quantitative estimate of drug-likeness (QED) is 0.381. The number of hydrogen-bond acceptors (Lipinski definition) is 3. The minimum atomic E-state index is -0.383. The molecule has 0 aromatic heterocycles. The van der Waals surface area contributed by atoms with Crippen LogP contribution in [0.4, 0.5) is 0 Å². The number of aliphatic hydroxyl groups excluding tert-OH is 2. The topological polar surface area (TPSA) is 60.8 Å². The van der Waals surface area contributed by atoms with E-state index >= 15 is 0 Å². The van der Waals surface area contributed by atoms with Crippen molar-refractivity contribution in [2.75, 3.05) is 14.1 Å². The number of aliphatic hydroxyl groups is 2. The number of hydrogen-bond donors (Lipinski definition) is 2. The molecule has 0 aliphatic heterocycles. The highest BCUT2D eigenvalue weighted by molar-refractivity contribution is 5.75. The van der Waals surface area contributed by atoms with Crippen molar-refractivity contribution in [3.8, 4) is 0 Å². The van der Waals surface area contributed by atoms with Gasteiger partial charge in [0.2, 0.25) is 5.91 Å². The molecule has 1 amide bonds. The number of nitrogens with zero attached hydrogens (tertiary/aromatic N) is 1. The third-order valence-corrected chi connectivity index (χ3v) is 6.50. The van der Waals surface area contributed by atoms with Gasteiger partial charge in [0.25, 0.3) is 0 Å². The second kappa shape index (κ2) is 11.8. The van der Waals surface area contributed by atoms with Gasteiger partial charge in [-0.15, -0.1) is 0 Å². The van der Waals surface area contributed by atoms with E-state index in [0.29, 0.717) is 18.3 Å². The first-order chi connectivity index (χ1) is 13.4. The summed E-state index contributed by atoms with van der Waals surface area (Å²) < 4.78 is 0. The van der Waals surface area contributed by atoms with Gasteiger partial charge in [0.1, 0.15) is 0 Å². The smallest absolute Gasteiger partial charge is 0.222 e. The van der Waals surface area contributed by atoms with Crippen LogP contribution in [0.3, 0.4) is 0 Å². The highest BCUT2D eigenvalue weighted by atomic mass is 16.3. The highest BCUT2D eigenvalue weighted by Gasteiger charge is 2.43. The van der Waals surface area contributed by atoms with Gasteiger partial charge in [-0.1, -0.05) is 56.4 Å². The van der Waals surface area contributed by atoms with E-state index in [9.17, 15) is 15.0 Å². The Labute approximate surface area is 171 Å². The van der Waals surface area contributed by atoms with Crippen LogP contribution in [0, 0.1) is 17.8 Å². The average molecular weight is 392 g/mol. The van der Waals surface area contributed by atoms with E-state index in [1.165, 1.54) is 24.8 Å². The molecule has 0 spiro atoms. The van der Waals surface area contributed by atoms with Gasteiger partial charge in [-0.05, 0) is 50.4 Å². The van der Waals surface area contributed by atoms with E-state index in [1.807, 2.05) is 20.2 Å². The van der Waals surface area contributed by atoms with Crippen molar-refractivity contribution in [3.05, 3.63) is 23.8 Å². The molecule has 0 unspecified atom stereocenters. The molecule has 1 fully saturated rings. The van der Waals surface area contributed by atoms with Crippen molar-refractivity contribution >= 4 is 5.91 Å². The summed E-state index contributed by atoms with van der Waals surface area (Å²) >= 11 is 0. The Kier molecular flexibility index (Phi) is 9.73. The molecule has 2 aliphatic rings. The molecule has 2 N–H and O–H groups in total. The zero-order valence-electron chi connectivity index (χ0n) is 18.1. The fourth-order valence-corrected chi connectivity index (χ4v) is 4.78. The Morgan fingerprint density at radius 2 is 2.04 bits per heavy atom. The van der Waals surface area contributed by atoms with Crippen LogP contribution in [0.2, 0.25) is 0 Å². The predicted octanol–water partition coefficient (Wildman–Crippen LogP) is 4.47. The first kappa shape index (κ1) is 23.2. The van der Waals surface area contributed by atoms with E-state index in [2.05, 4.69) is 19.1 Å². The lowest BCUT2D eigenvalue weighted by Gasteiger charge is -2.19. The van der Waals surface area contributed by atoms with E-state index in [1.54, 1.807) is 4.90 Å². The van der Waals surface area contributed by atoms with E-state index in [0.717, 1.165) is 44.9 Å². The Hall–Kier alpha value is -1.13. The fourth-order valence-electron chi connectivity index (χ4n) is 4.78. The van der Waals surface area contributed by atoms with E-state index in [-0.39, 0.29) is 24.0 Å². The van der Waals surface area contributed by atoms with Crippen molar-refractivity contribution in [2.45, 2.75) is 89.8 Å². The first-order valence-corrected chi connectivity index (χ1v) is 11.4. The number of carbonyl (C=O) groups is 1. The number of fused-ring (bicyclic) bond motifs is 1. The first-order valence-electron chi connectivity index (χ1n) is 11.4. The van der Waals surface area contributed by atoms with Crippen LogP contribution in [0.25, 0.3) is 0 Å². The summed E-state index contributed by atoms with van der Waals surface area (Å²) in [6, 6.07) is 0. The molecule has 0 saturated heterocycles. The molecule has 4 heteroatoms. The van der Waals surface area contributed by atoms with Crippen LogP contribution in [-0.4, -0.2) is 47.3 Å². The summed E-state index contributed by atoms with van der Waals surface area (Å²) in [5.41, 5.74) is 1.50. The second-order valence-electron chi connectivity index (χ2n) is 9.03. The average Bonchev–Trinajstić information content (AvgIpc) is 3.16. The summed E-state index contributed by atoms with van der Waals surface area (Å²) in [4.78, 5) is 13.3. The van der Waals surface area contributed by atoms with Gasteiger partial charge in [0.05, 0.1) is 12.2 Å². The molecule has 0 heterocycles. The molecule has 5 atom stereocenters. The molecule has 1 saturated carbocycles. The summed E-state index contributed by atoms with van der Waals surface area (Å²) in [6.45, 7) is 2.20. The summed E-state index contributed by atoms with van der Waals surface area (Å²) in [7, 11) is 3.62. The van der Waals surface area contributed by atoms with E-state index in [4.69, 9.17) is 0 Å². The van der Waals surface area contributed by atoms with Gasteiger partial charge in [0.15, 0.2) is 0 Å². The van der Waals surface area contributed by atoms with Crippen LogP contribution in [0.1, 0.15) is 77.6 Å². The van der Waals surface area contributed by atoms with Crippen molar-refractivity contribution in [3.63, 3.8) is 0 Å². The number of unbranched alkanes of at least 4 members (excludes halogenated alkanes) is 4. The Morgan fingerprint density at radius 3 is 2.75 bits per heavy atom. The van der Waals surface area contributed by atoms with Gasteiger partial charge in [-0.25, -0.2) is 0 Å². The molecule has 2 aliphatic carbocycles. The summed E-state index contributed by atoms with van der Waals surface area (Å²) in [5, 5.41) is 20.7. The number of carbonyl (C=O) groups excluding carboxylic acids is 1. The molecular formula is C24H41NO3. The highest BCUT2D eigenvalue weighted by Crippen LogP contribution is 2.48. The zero-order valence-corrected chi connectivity index (χ0v) is 18.1. The van der Waals surface area contributed by atoms with Crippen LogP contribution >= 0.6 is 0 Å². The normalized spacial score (nSPS) is 27.8. The number of allylic oxidation sites excluding steroid dienone is 2. The molecule has 2 rings (SSSR count). The molecular weight excluding hydrogens is 350 g/mol. The third-order valence-electron chi connectivity index (χ3n) is 6.50. The van der Waals surface area contributed by atoms with Gasteiger partial charge in [-0.3, -0.25) is 4.79 Å². The zero-order chi connectivity index (χ0) is 20.5. The largest absolute Gasteiger partial charge is 0.392 e.